The van der Waals surface area contributed by atoms with E-state index < -0.39 is 0 Å². The molecule has 4 nitrogen and oxygen atoms in total. The fourth-order valence-corrected chi connectivity index (χ4v) is 2.44. The summed E-state index contributed by atoms with van der Waals surface area (Å²) in [5.74, 6) is -0.0457. The Morgan fingerprint density at radius 1 is 1.26 bits per heavy atom. The molecule has 1 aromatic carbocycles. The first-order valence-corrected chi connectivity index (χ1v) is 6.55. The zero-order valence-electron chi connectivity index (χ0n) is 11.5. The van der Waals surface area contributed by atoms with Gasteiger partial charge in [0.25, 0.3) is 6.54 Å². The maximum atomic E-state index is 11.7. The van der Waals surface area contributed by atoms with Gasteiger partial charge in [-0.2, -0.15) is 0 Å². The number of rotatable bonds is 2. The second-order valence-corrected chi connectivity index (χ2v) is 4.90. The van der Waals surface area contributed by atoms with E-state index in [9.17, 15) is 4.79 Å². The quantitative estimate of drug-likeness (QED) is 0.757. The number of nitrogens with zero attached hydrogens (tertiary/aromatic N) is 3. The molecule has 1 amide bonds. The molecule has 1 fully saturated rings. The lowest BCUT2D eigenvalue weighted by atomic mass is 10.1. The normalized spacial score (nSPS) is 15.2. The molecule has 0 aromatic heterocycles. The predicted molar refractivity (Wildman–Crippen MR) is 76.2 cm³/mol. The Balaban J connectivity index is 2.02. The van der Waals surface area contributed by atoms with E-state index in [1.807, 2.05) is 0 Å². The third-order valence-corrected chi connectivity index (χ3v) is 3.76. The summed E-state index contributed by atoms with van der Waals surface area (Å²) < 4.78 is 0. The van der Waals surface area contributed by atoms with Crippen LogP contribution in [0.15, 0.2) is 18.2 Å². The molecule has 0 atom stereocenters. The number of hydrogen-bond acceptors (Lipinski definition) is 2. The van der Waals surface area contributed by atoms with Crippen molar-refractivity contribution in [2.75, 3.05) is 37.6 Å². The van der Waals surface area contributed by atoms with Gasteiger partial charge in [0.2, 0.25) is 0 Å². The van der Waals surface area contributed by atoms with Gasteiger partial charge in [0, 0.05) is 31.9 Å². The molecular formula is C15H19N3O. The van der Waals surface area contributed by atoms with E-state index in [4.69, 9.17) is 6.57 Å². The number of hydrogen-bond donors (Lipinski definition) is 0. The molecule has 19 heavy (non-hydrogen) atoms. The molecule has 1 saturated heterocycles. The van der Waals surface area contributed by atoms with Gasteiger partial charge in [0.15, 0.2) is 0 Å². The van der Waals surface area contributed by atoms with Crippen LogP contribution in [0.3, 0.4) is 0 Å². The average molecular weight is 257 g/mol. The van der Waals surface area contributed by atoms with Gasteiger partial charge in [0.1, 0.15) is 0 Å². The third kappa shape index (κ3) is 2.87. The lowest BCUT2D eigenvalue weighted by Crippen LogP contribution is -2.49. The molecule has 100 valence electrons. The van der Waals surface area contributed by atoms with Crippen molar-refractivity contribution in [1.29, 1.82) is 0 Å². The molecule has 2 rings (SSSR count). The molecule has 1 aliphatic rings. The molecule has 0 spiro atoms. The Hall–Kier alpha value is -2.02. The SMILES string of the molecule is [C-]#[N+]CC(=O)N1CCN(c2cccc(C)c2C)CC1. The summed E-state index contributed by atoms with van der Waals surface area (Å²) >= 11 is 0. The van der Waals surface area contributed by atoms with E-state index in [1.54, 1.807) is 4.90 Å². The van der Waals surface area contributed by atoms with Gasteiger partial charge in [-0.25, -0.2) is 6.57 Å². The molecule has 1 aliphatic heterocycles. The first-order chi connectivity index (χ1) is 9.13. The molecule has 0 aliphatic carbocycles. The molecule has 1 aromatic rings. The van der Waals surface area contributed by atoms with Crippen LogP contribution in [0.25, 0.3) is 4.85 Å². The van der Waals surface area contributed by atoms with Gasteiger partial charge in [-0.15, -0.1) is 0 Å². The molecule has 0 bridgehead atoms. The second kappa shape index (κ2) is 5.75. The molecule has 4 heteroatoms. The van der Waals surface area contributed by atoms with Crippen molar-refractivity contribution >= 4 is 11.6 Å². The van der Waals surface area contributed by atoms with Crippen LogP contribution in [0.5, 0.6) is 0 Å². The van der Waals surface area contributed by atoms with Gasteiger partial charge in [-0.3, -0.25) is 4.79 Å². The zero-order valence-corrected chi connectivity index (χ0v) is 11.5. The Morgan fingerprint density at radius 3 is 2.58 bits per heavy atom. The van der Waals surface area contributed by atoms with E-state index in [2.05, 4.69) is 41.8 Å². The monoisotopic (exact) mass is 257 g/mol. The van der Waals surface area contributed by atoms with Gasteiger partial charge in [-0.1, -0.05) is 12.1 Å². The first kappa shape index (κ1) is 13.4. The van der Waals surface area contributed by atoms with E-state index >= 15 is 0 Å². The van der Waals surface area contributed by atoms with Crippen LogP contribution in [-0.4, -0.2) is 43.5 Å². The standard InChI is InChI=1S/C15H19N3O/c1-12-5-4-6-14(13(12)2)17-7-9-18(10-8-17)15(19)11-16-3/h4-6H,7-11H2,1-2H3. The minimum absolute atomic E-state index is 0.0243. The van der Waals surface area contributed by atoms with Crippen molar-refractivity contribution in [3.05, 3.63) is 40.7 Å². The number of carbonyl (C=O) groups excluding carboxylic acids is 1. The van der Waals surface area contributed by atoms with Crippen LogP contribution in [0.2, 0.25) is 0 Å². The van der Waals surface area contributed by atoms with Gasteiger partial charge in [-0.05, 0) is 31.0 Å². The number of aryl methyl sites for hydroxylation is 1. The maximum Gasteiger partial charge on any atom is 0.302 e. The summed E-state index contributed by atoms with van der Waals surface area (Å²) in [5, 5.41) is 0. The fraction of sp³-hybridized carbons (Fsp3) is 0.467. The molecule has 0 saturated carbocycles. The molecule has 1 heterocycles. The van der Waals surface area contributed by atoms with Crippen LogP contribution in [-0.2, 0) is 4.79 Å². The topological polar surface area (TPSA) is 27.9 Å². The predicted octanol–water partition coefficient (Wildman–Crippen LogP) is 1.87. The molecule has 0 unspecified atom stereocenters. The Morgan fingerprint density at radius 2 is 1.95 bits per heavy atom. The maximum absolute atomic E-state index is 11.7. The Bertz CT molecular complexity index is 511. The Labute approximate surface area is 114 Å². The number of benzene rings is 1. The van der Waals surface area contributed by atoms with E-state index in [-0.39, 0.29) is 12.5 Å². The van der Waals surface area contributed by atoms with Gasteiger partial charge < -0.3 is 14.6 Å². The van der Waals surface area contributed by atoms with Crippen molar-refractivity contribution in [3.63, 3.8) is 0 Å². The van der Waals surface area contributed by atoms with E-state index in [0.717, 1.165) is 13.1 Å². The summed E-state index contributed by atoms with van der Waals surface area (Å²) in [6.45, 7) is 14.1. The lowest BCUT2D eigenvalue weighted by molar-refractivity contribution is -0.129. The minimum Gasteiger partial charge on any atom is -0.368 e. The van der Waals surface area contributed by atoms with Crippen LogP contribution in [0.1, 0.15) is 11.1 Å². The zero-order chi connectivity index (χ0) is 13.8. The smallest absolute Gasteiger partial charge is 0.302 e. The van der Waals surface area contributed by atoms with Gasteiger partial charge >= 0.3 is 5.91 Å². The minimum atomic E-state index is -0.0457. The summed E-state index contributed by atoms with van der Waals surface area (Å²) in [6.07, 6.45) is 0. The highest BCUT2D eigenvalue weighted by molar-refractivity contribution is 5.80. The van der Waals surface area contributed by atoms with Crippen molar-refractivity contribution < 1.29 is 4.79 Å². The highest BCUT2D eigenvalue weighted by Crippen LogP contribution is 2.23. The number of anilines is 1. The lowest BCUT2D eigenvalue weighted by Gasteiger charge is -2.36. The summed E-state index contributed by atoms with van der Waals surface area (Å²) in [7, 11) is 0. The number of amides is 1. The van der Waals surface area contributed by atoms with Crippen LogP contribution >= 0.6 is 0 Å². The largest absolute Gasteiger partial charge is 0.368 e. The molecule has 0 radical (unpaired) electrons. The van der Waals surface area contributed by atoms with Crippen LogP contribution in [0.4, 0.5) is 5.69 Å². The van der Waals surface area contributed by atoms with E-state index in [0.29, 0.717) is 13.1 Å². The van der Waals surface area contributed by atoms with Crippen molar-refractivity contribution in [1.82, 2.24) is 4.90 Å². The first-order valence-electron chi connectivity index (χ1n) is 6.55. The van der Waals surface area contributed by atoms with Gasteiger partial charge in [0.05, 0.1) is 0 Å². The van der Waals surface area contributed by atoms with Crippen LogP contribution in [0, 0.1) is 20.4 Å². The second-order valence-electron chi connectivity index (χ2n) is 4.90. The number of piperazine rings is 1. The van der Waals surface area contributed by atoms with Crippen molar-refractivity contribution in [2.45, 2.75) is 13.8 Å². The summed E-state index contributed by atoms with van der Waals surface area (Å²) in [5.41, 5.74) is 3.87. The van der Waals surface area contributed by atoms with Crippen molar-refractivity contribution in [2.24, 2.45) is 0 Å². The van der Waals surface area contributed by atoms with E-state index in [1.165, 1.54) is 16.8 Å². The van der Waals surface area contributed by atoms with Crippen molar-refractivity contribution in [3.8, 4) is 0 Å². The third-order valence-electron chi connectivity index (χ3n) is 3.76. The molecule has 0 N–H and O–H groups in total. The van der Waals surface area contributed by atoms with Crippen LogP contribution < -0.4 is 4.90 Å². The average Bonchev–Trinajstić information content (AvgIpc) is 2.42. The summed E-state index contributed by atoms with van der Waals surface area (Å²) in [6, 6.07) is 6.33. The highest BCUT2D eigenvalue weighted by Gasteiger charge is 2.23. The summed E-state index contributed by atoms with van der Waals surface area (Å²) in [4.78, 5) is 18.9. The number of carbonyl (C=O) groups is 1. The fourth-order valence-electron chi connectivity index (χ4n) is 2.44. The Kier molecular flexibility index (Phi) is 4.06. The highest BCUT2D eigenvalue weighted by atomic mass is 16.2. The molecular weight excluding hydrogens is 238 g/mol.